The fourth-order valence-corrected chi connectivity index (χ4v) is 3.21. The number of benzene rings is 1. The third-order valence-electron chi connectivity index (χ3n) is 4.61. The van der Waals surface area contributed by atoms with Gasteiger partial charge < -0.3 is 15.2 Å². The van der Waals surface area contributed by atoms with E-state index in [1.807, 2.05) is 37.3 Å². The SMILES string of the molecule is CCCC[C@H]1[C@H](C)OC(=O)[C@@H](N)CCC[C@@H]1Oc1ccccc1. The predicted molar refractivity (Wildman–Crippen MR) is 91.3 cm³/mol. The second-order valence-corrected chi connectivity index (χ2v) is 6.45. The van der Waals surface area contributed by atoms with Gasteiger partial charge in [0.1, 0.15) is 24.0 Å². The van der Waals surface area contributed by atoms with Crippen LogP contribution >= 0.6 is 0 Å². The summed E-state index contributed by atoms with van der Waals surface area (Å²) in [6.07, 6.45) is 5.53. The minimum atomic E-state index is -0.514. The van der Waals surface area contributed by atoms with E-state index < -0.39 is 6.04 Å². The summed E-state index contributed by atoms with van der Waals surface area (Å²) in [5, 5.41) is 0. The zero-order valence-electron chi connectivity index (χ0n) is 14.2. The molecule has 1 aliphatic heterocycles. The van der Waals surface area contributed by atoms with Crippen LogP contribution in [0.4, 0.5) is 0 Å². The van der Waals surface area contributed by atoms with Crippen molar-refractivity contribution in [2.24, 2.45) is 11.7 Å². The van der Waals surface area contributed by atoms with Gasteiger partial charge in [0.15, 0.2) is 0 Å². The van der Waals surface area contributed by atoms with Crippen molar-refractivity contribution in [1.82, 2.24) is 0 Å². The number of nitrogens with two attached hydrogens (primary N) is 1. The van der Waals surface area contributed by atoms with Crippen molar-refractivity contribution >= 4 is 5.97 Å². The van der Waals surface area contributed by atoms with E-state index in [1.165, 1.54) is 0 Å². The Morgan fingerprint density at radius 2 is 2.00 bits per heavy atom. The first-order valence-corrected chi connectivity index (χ1v) is 8.79. The summed E-state index contributed by atoms with van der Waals surface area (Å²) >= 11 is 0. The number of carbonyl (C=O) groups excluding carboxylic acids is 1. The van der Waals surface area contributed by atoms with Crippen molar-refractivity contribution in [3.8, 4) is 5.75 Å². The lowest BCUT2D eigenvalue weighted by Gasteiger charge is -2.31. The van der Waals surface area contributed by atoms with Crippen LogP contribution in [0.2, 0.25) is 0 Å². The van der Waals surface area contributed by atoms with Crippen LogP contribution in [0.25, 0.3) is 0 Å². The molecule has 1 aromatic rings. The van der Waals surface area contributed by atoms with Gasteiger partial charge in [-0.2, -0.15) is 0 Å². The van der Waals surface area contributed by atoms with E-state index in [2.05, 4.69) is 6.92 Å². The molecule has 0 saturated carbocycles. The van der Waals surface area contributed by atoms with Gasteiger partial charge in [0.2, 0.25) is 0 Å². The Hall–Kier alpha value is -1.55. The monoisotopic (exact) mass is 319 g/mol. The molecular weight excluding hydrogens is 290 g/mol. The molecule has 0 spiro atoms. The van der Waals surface area contributed by atoms with Crippen LogP contribution in [0.1, 0.15) is 52.4 Å². The molecule has 1 aromatic carbocycles. The van der Waals surface area contributed by atoms with Crippen molar-refractivity contribution in [2.75, 3.05) is 0 Å². The van der Waals surface area contributed by atoms with Crippen molar-refractivity contribution in [2.45, 2.75) is 70.6 Å². The van der Waals surface area contributed by atoms with Crippen LogP contribution in [-0.4, -0.2) is 24.2 Å². The highest BCUT2D eigenvalue weighted by atomic mass is 16.5. The summed E-state index contributed by atoms with van der Waals surface area (Å²) < 4.78 is 11.9. The highest BCUT2D eigenvalue weighted by molar-refractivity contribution is 5.75. The summed E-state index contributed by atoms with van der Waals surface area (Å²) in [5.74, 6) is 0.796. The maximum absolute atomic E-state index is 12.0. The third-order valence-corrected chi connectivity index (χ3v) is 4.61. The number of esters is 1. The van der Waals surface area contributed by atoms with Crippen LogP contribution < -0.4 is 10.5 Å². The number of hydrogen-bond acceptors (Lipinski definition) is 4. The number of rotatable bonds is 5. The Bertz CT molecular complexity index is 477. The average Bonchev–Trinajstić information content (AvgIpc) is 2.59. The number of para-hydroxylation sites is 1. The zero-order chi connectivity index (χ0) is 16.7. The zero-order valence-corrected chi connectivity index (χ0v) is 14.2. The van der Waals surface area contributed by atoms with Gasteiger partial charge in [-0.05, 0) is 44.7 Å². The van der Waals surface area contributed by atoms with E-state index in [-0.39, 0.29) is 24.1 Å². The molecule has 1 saturated heterocycles. The standard InChI is InChI=1S/C19H29NO3/c1-3-4-11-16-14(2)22-19(21)17(20)12-8-13-18(16)23-15-9-6-5-7-10-15/h5-7,9-10,14,16-18H,3-4,8,11-13,20H2,1-2H3/t14-,16-,17-,18-/m0/s1. The van der Waals surface area contributed by atoms with Crippen molar-refractivity contribution in [3.63, 3.8) is 0 Å². The Balaban J connectivity index is 2.16. The molecule has 0 amide bonds. The lowest BCUT2D eigenvalue weighted by Crippen LogP contribution is -2.38. The predicted octanol–water partition coefficient (Wildman–Crippen LogP) is 3.68. The molecule has 2 rings (SSSR count). The van der Waals surface area contributed by atoms with E-state index in [0.29, 0.717) is 6.42 Å². The Labute approximate surface area is 139 Å². The van der Waals surface area contributed by atoms with Gasteiger partial charge >= 0.3 is 5.97 Å². The van der Waals surface area contributed by atoms with Gasteiger partial charge in [-0.25, -0.2) is 0 Å². The molecule has 0 bridgehead atoms. The Morgan fingerprint density at radius 1 is 1.26 bits per heavy atom. The minimum absolute atomic E-state index is 0.0528. The second kappa shape index (κ2) is 8.92. The van der Waals surface area contributed by atoms with Crippen molar-refractivity contribution in [1.29, 1.82) is 0 Å². The third kappa shape index (κ3) is 5.24. The van der Waals surface area contributed by atoms with Crippen LogP contribution in [-0.2, 0) is 9.53 Å². The molecule has 2 N–H and O–H groups in total. The maximum atomic E-state index is 12.0. The molecule has 1 aliphatic rings. The second-order valence-electron chi connectivity index (χ2n) is 6.45. The number of hydrogen-bond donors (Lipinski definition) is 1. The first-order valence-electron chi connectivity index (χ1n) is 8.79. The van der Waals surface area contributed by atoms with Crippen LogP contribution in [0.5, 0.6) is 5.75 Å². The fourth-order valence-electron chi connectivity index (χ4n) is 3.21. The molecule has 4 atom stereocenters. The first kappa shape index (κ1) is 17.8. The Kier molecular flexibility index (Phi) is 6.90. The summed E-state index contributed by atoms with van der Waals surface area (Å²) in [7, 11) is 0. The summed E-state index contributed by atoms with van der Waals surface area (Å²) in [5.41, 5.74) is 5.91. The number of carbonyl (C=O) groups is 1. The molecule has 0 unspecified atom stereocenters. The molecule has 1 heterocycles. The van der Waals surface area contributed by atoms with E-state index in [4.69, 9.17) is 15.2 Å². The van der Waals surface area contributed by atoms with Crippen LogP contribution in [0, 0.1) is 5.92 Å². The van der Waals surface area contributed by atoms with E-state index >= 15 is 0 Å². The summed E-state index contributed by atoms with van der Waals surface area (Å²) in [6, 6.07) is 9.38. The lowest BCUT2D eigenvalue weighted by molar-refractivity contribution is -0.153. The van der Waals surface area contributed by atoms with E-state index in [0.717, 1.165) is 37.9 Å². The Morgan fingerprint density at radius 3 is 2.70 bits per heavy atom. The lowest BCUT2D eigenvalue weighted by atomic mass is 9.88. The number of cyclic esters (lactones) is 1. The molecular formula is C19H29NO3. The topological polar surface area (TPSA) is 61.5 Å². The largest absolute Gasteiger partial charge is 0.490 e. The van der Waals surface area contributed by atoms with Crippen LogP contribution in [0.3, 0.4) is 0 Å². The number of ether oxygens (including phenoxy) is 2. The quantitative estimate of drug-likeness (QED) is 0.841. The normalized spacial score (nSPS) is 29.1. The van der Waals surface area contributed by atoms with E-state index in [9.17, 15) is 4.79 Å². The van der Waals surface area contributed by atoms with Gasteiger partial charge in [0, 0.05) is 5.92 Å². The summed E-state index contributed by atoms with van der Waals surface area (Å²) in [4.78, 5) is 12.0. The molecule has 1 fully saturated rings. The molecule has 128 valence electrons. The van der Waals surface area contributed by atoms with Gasteiger partial charge in [0.05, 0.1) is 0 Å². The van der Waals surface area contributed by atoms with Gasteiger partial charge in [-0.3, -0.25) is 4.79 Å². The van der Waals surface area contributed by atoms with Crippen molar-refractivity contribution < 1.29 is 14.3 Å². The molecule has 0 radical (unpaired) electrons. The van der Waals surface area contributed by atoms with Crippen LogP contribution in [0.15, 0.2) is 30.3 Å². The fraction of sp³-hybridized carbons (Fsp3) is 0.632. The molecule has 0 aliphatic carbocycles. The highest BCUT2D eigenvalue weighted by Crippen LogP contribution is 2.29. The minimum Gasteiger partial charge on any atom is -0.490 e. The van der Waals surface area contributed by atoms with Gasteiger partial charge in [-0.1, -0.05) is 38.0 Å². The highest BCUT2D eigenvalue weighted by Gasteiger charge is 2.33. The molecule has 0 aromatic heterocycles. The van der Waals surface area contributed by atoms with E-state index in [1.54, 1.807) is 0 Å². The number of unbranched alkanes of at least 4 members (excludes halogenated alkanes) is 1. The van der Waals surface area contributed by atoms with Gasteiger partial charge in [-0.15, -0.1) is 0 Å². The van der Waals surface area contributed by atoms with Gasteiger partial charge in [0.25, 0.3) is 0 Å². The molecule has 23 heavy (non-hydrogen) atoms. The average molecular weight is 319 g/mol. The summed E-state index contributed by atoms with van der Waals surface area (Å²) in [6.45, 7) is 4.15. The first-order chi connectivity index (χ1) is 11.1. The van der Waals surface area contributed by atoms with Crippen molar-refractivity contribution in [3.05, 3.63) is 30.3 Å². The maximum Gasteiger partial charge on any atom is 0.323 e. The smallest absolute Gasteiger partial charge is 0.323 e. The molecule has 4 nitrogen and oxygen atoms in total. The molecule has 4 heteroatoms.